The largest absolute Gasteiger partial charge is 0.322 e. The highest BCUT2D eigenvalue weighted by molar-refractivity contribution is 9.10. The van der Waals surface area contributed by atoms with Gasteiger partial charge in [-0.05, 0) is 36.4 Å². The van der Waals surface area contributed by atoms with Crippen molar-refractivity contribution in [3.63, 3.8) is 0 Å². The van der Waals surface area contributed by atoms with Crippen LogP contribution < -0.4 is 5.32 Å². The predicted molar refractivity (Wildman–Crippen MR) is 68.5 cm³/mol. The van der Waals surface area contributed by atoms with Gasteiger partial charge in [-0.15, -0.1) is 0 Å². The highest BCUT2D eigenvalue weighted by atomic mass is 79.9. The number of nitrogens with one attached hydrogen (secondary N) is 1. The molecule has 0 saturated heterocycles. The molecule has 0 aromatic heterocycles. The van der Waals surface area contributed by atoms with Crippen molar-refractivity contribution in [1.82, 2.24) is 0 Å². The number of carbonyl (C=O) groups excluding carboxylic acids is 1. The number of halogens is 1. The number of carbonyl (C=O) groups is 1. The molecule has 2 aromatic carbocycles. The van der Waals surface area contributed by atoms with Crippen LogP contribution in [0.15, 0.2) is 59.1 Å². The minimum absolute atomic E-state index is 0.0945. The molecule has 0 atom stereocenters. The summed E-state index contributed by atoms with van der Waals surface area (Å²) in [5.41, 5.74) is 1.45. The number of benzene rings is 2. The molecule has 1 N–H and O–H groups in total. The van der Waals surface area contributed by atoms with Gasteiger partial charge in [-0.25, -0.2) is 0 Å². The lowest BCUT2D eigenvalue weighted by Crippen LogP contribution is -2.11. The summed E-state index contributed by atoms with van der Waals surface area (Å²) < 4.78 is 0.991. The Morgan fingerprint density at radius 3 is 2.19 bits per heavy atom. The summed E-state index contributed by atoms with van der Waals surface area (Å²) in [4.78, 5) is 11.8. The third-order valence-electron chi connectivity index (χ3n) is 2.14. The van der Waals surface area contributed by atoms with Crippen LogP contribution >= 0.6 is 15.9 Å². The first-order chi connectivity index (χ1) is 7.75. The van der Waals surface area contributed by atoms with Crippen molar-refractivity contribution < 1.29 is 4.79 Å². The zero-order valence-electron chi connectivity index (χ0n) is 8.48. The van der Waals surface area contributed by atoms with Crippen LogP contribution in [0, 0.1) is 0 Å². The lowest BCUT2D eigenvalue weighted by Gasteiger charge is -2.04. The molecule has 0 heterocycles. The van der Waals surface area contributed by atoms with E-state index in [-0.39, 0.29) is 5.91 Å². The maximum absolute atomic E-state index is 11.8. The van der Waals surface area contributed by atoms with E-state index in [9.17, 15) is 4.79 Å². The van der Waals surface area contributed by atoms with E-state index in [0.717, 1.165) is 10.2 Å². The Morgan fingerprint density at radius 2 is 1.56 bits per heavy atom. The van der Waals surface area contributed by atoms with E-state index in [1.54, 1.807) is 12.1 Å². The zero-order valence-corrected chi connectivity index (χ0v) is 10.1. The Morgan fingerprint density at radius 1 is 0.938 bits per heavy atom. The molecular weight excluding hydrogens is 266 g/mol. The third kappa shape index (κ3) is 2.70. The van der Waals surface area contributed by atoms with E-state index in [1.165, 1.54) is 0 Å². The van der Waals surface area contributed by atoms with E-state index in [1.807, 2.05) is 42.5 Å². The van der Waals surface area contributed by atoms with Gasteiger partial charge < -0.3 is 5.32 Å². The molecule has 3 heteroatoms. The van der Waals surface area contributed by atoms with Crippen LogP contribution in [0.4, 0.5) is 5.69 Å². The average Bonchev–Trinajstić information content (AvgIpc) is 2.33. The van der Waals surface area contributed by atoms with Gasteiger partial charge in [0.25, 0.3) is 5.91 Å². The number of hydrogen-bond donors (Lipinski definition) is 1. The summed E-state index contributed by atoms with van der Waals surface area (Å²) in [5.74, 6) is -0.0945. The molecule has 2 rings (SSSR count). The average molecular weight is 276 g/mol. The van der Waals surface area contributed by atoms with Crippen molar-refractivity contribution in [2.24, 2.45) is 0 Å². The molecule has 0 bridgehead atoms. The fourth-order valence-electron chi connectivity index (χ4n) is 1.33. The Labute approximate surface area is 102 Å². The molecule has 16 heavy (non-hydrogen) atoms. The van der Waals surface area contributed by atoms with Gasteiger partial charge in [0.2, 0.25) is 0 Å². The SMILES string of the molecule is O=C(Nc1ccc(Br)cc1)c1ccccc1. The molecule has 0 saturated carbocycles. The van der Waals surface area contributed by atoms with Gasteiger partial charge in [0.05, 0.1) is 0 Å². The molecule has 2 aromatic rings. The van der Waals surface area contributed by atoms with Crippen LogP contribution in [-0.4, -0.2) is 5.91 Å². The lowest BCUT2D eigenvalue weighted by atomic mass is 10.2. The zero-order chi connectivity index (χ0) is 11.4. The first kappa shape index (κ1) is 10.9. The van der Waals surface area contributed by atoms with Crippen molar-refractivity contribution in [3.05, 3.63) is 64.6 Å². The van der Waals surface area contributed by atoms with Gasteiger partial charge in [0.15, 0.2) is 0 Å². The first-order valence-electron chi connectivity index (χ1n) is 4.88. The van der Waals surface area contributed by atoms with Gasteiger partial charge in [0, 0.05) is 15.7 Å². The quantitative estimate of drug-likeness (QED) is 0.890. The minimum Gasteiger partial charge on any atom is -0.322 e. The summed E-state index contributed by atoms with van der Waals surface area (Å²) in [7, 11) is 0. The Hall–Kier alpha value is -1.61. The molecule has 0 spiro atoms. The van der Waals surface area contributed by atoms with E-state index in [2.05, 4.69) is 21.2 Å². The Bertz CT molecular complexity index is 479. The van der Waals surface area contributed by atoms with Crippen molar-refractivity contribution in [3.8, 4) is 0 Å². The summed E-state index contributed by atoms with van der Waals surface area (Å²) in [6.07, 6.45) is 0. The van der Waals surface area contributed by atoms with Gasteiger partial charge in [-0.1, -0.05) is 34.1 Å². The van der Waals surface area contributed by atoms with Crippen molar-refractivity contribution in [2.75, 3.05) is 5.32 Å². The molecule has 2 nitrogen and oxygen atoms in total. The first-order valence-corrected chi connectivity index (χ1v) is 5.67. The minimum atomic E-state index is -0.0945. The maximum Gasteiger partial charge on any atom is 0.255 e. The molecule has 0 aliphatic heterocycles. The van der Waals surface area contributed by atoms with Crippen molar-refractivity contribution in [2.45, 2.75) is 0 Å². The smallest absolute Gasteiger partial charge is 0.255 e. The Kier molecular flexibility index (Phi) is 3.37. The summed E-state index contributed by atoms with van der Waals surface area (Å²) in [6.45, 7) is 0. The van der Waals surface area contributed by atoms with Crippen molar-refractivity contribution >= 4 is 27.5 Å². The van der Waals surface area contributed by atoms with Gasteiger partial charge in [-0.2, -0.15) is 0 Å². The second-order valence-electron chi connectivity index (χ2n) is 3.33. The normalized spacial score (nSPS) is 9.81. The van der Waals surface area contributed by atoms with E-state index < -0.39 is 0 Å². The fourth-order valence-corrected chi connectivity index (χ4v) is 1.59. The van der Waals surface area contributed by atoms with Gasteiger partial charge in [0.1, 0.15) is 0 Å². The van der Waals surface area contributed by atoms with Gasteiger partial charge in [-0.3, -0.25) is 4.79 Å². The molecule has 0 radical (unpaired) electrons. The predicted octanol–water partition coefficient (Wildman–Crippen LogP) is 3.70. The van der Waals surface area contributed by atoms with E-state index >= 15 is 0 Å². The fraction of sp³-hybridized carbons (Fsp3) is 0. The number of hydrogen-bond acceptors (Lipinski definition) is 1. The lowest BCUT2D eigenvalue weighted by molar-refractivity contribution is 0.102. The van der Waals surface area contributed by atoms with Crippen LogP contribution in [-0.2, 0) is 0 Å². The van der Waals surface area contributed by atoms with E-state index in [4.69, 9.17) is 0 Å². The maximum atomic E-state index is 11.8. The molecule has 0 aliphatic carbocycles. The molecule has 0 aliphatic rings. The molecule has 0 fully saturated rings. The van der Waals surface area contributed by atoms with Crippen LogP contribution in [0.5, 0.6) is 0 Å². The number of amides is 1. The molecule has 1 amide bonds. The molecule has 80 valence electrons. The molecule has 0 unspecified atom stereocenters. The summed E-state index contributed by atoms with van der Waals surface area (Å²) in [5, 5.41) is 2.83. The summed E-state index contributed by atoms with van der Waals surface area (Å²) in [6, 6.07) is 16.6. The van der Waals surface area contributed by atoms with Gasteiger partial charge >= 0.3 is 0 Å². The van der Waals surface area contributed by atoms with Crippen LogP contribution in [0.1, 0.15) is 10.4 Å². The second-order valence-corrected chi connectivity index (χ2v) is 4.24. The highest BCUT2D eigenvalue weighted by Crippen LogP contribution is 2.14. The topological polar surface area (TPSA) is 29.1 Å². The number of anilines is 1. The second kappa shape index (κ2) is 4.94. The van der Waals surface area contributed by atoms with Crippen LogP contribution in [0.3, 0.4) is 0 Å². The summed E-state index contributed by atoms with van der Waals surface area (Å²) >= 11 is 3.34. The van der Waals surface area contributed by atoms with E-state index in [0.29, 0.717) is 5.56 Å². The van der Waals surface area contributed by atoms with Crippen LogP contribution in [0.2, 0.25) is 0 Å². The number of rotatable bonds is 2. The highest BCUT2D eigenvalue weighted by Gasteiger charge is 2.04. The van der Waals surface area contributed by atoms with Crippen LogP contribution in [0.25, 0.3) is 0 Å². The molecular formula is C13H10BrNO. The Balaban J connectivity index is 2.11. The standard InChI is InChI=1S/C13H10BrNO/c14-11-6-8-12(9-7-11)15-13(16)10-4-2-1-3-5-10/h1-9H,(H,15,16). The van der Waals surface area contributed by atoms with Crippen molar-refractivity contribution in [1.29, 1.82) is 0 Å². The monoisotopic (exact) mass is 275 g/mol. The third-order valence-corrected chi connectivity index (χ3v) is 2.67.